The van der Waals surface area contributed by atoms with E-state index in [0.29, 0.717) is 30.8 Å². The van der Waals surface area contributed by atoms with Gasteiger partial charge in [0.15, 0.2) is 5.69 Å². The fourth-order valence-corrected chi connectivity index (χ4v) is 3.41. The Bertz CT molecular complexity index is 805. The topological polar surface area (TPSA) is 61.5 Å². The van der Waals surface area contributed by atoms with Gasteiger partial charge < -0.3 is 14.5 Å². The second-order valence-corrected chi connectivity index (χ2v) is 7.38. The molecule has 2 aromatic rings. The Morgan fingerprint density at radius 1 is 1.30 bits per heavy atom. The minimum absolute atomic E-state index is 0.0263. The fraction of sp³-hybridized carbons (Fsp3) is 0.500. The molecule has 27 heavy (non-hydrogen) atoms. The van der Waals surface area contributed by atoms with Crippen LogP contribution in [0.3, 0.4) is 0 Å². The Balaban J connectivity index is 1.88. The molecule has 1 aromatic heterocycles. The number of hydrogen-bond acceptors (Lipinski definition) is 4. The van der Waals surface area contributed by atoms with E-state index < -0.39 is 0 Å². The lowest BCUT2D eigenvalue weighted by atomic mass is 9.99. The van der Waals surface area contributed by atoms with Crippen molar-refractivity contribution in [3.63, 3.8) is 0 Å². The summed E-state index contributed by atoms with van der Waals surface area (Å²) in [6.45, 7) is 5.32. The van der Waals surface area contributed by atoms with Crippen molar-refractivity contribution in [3.05, 3.63) is 52.6 Å². The maximum Gasteiger partial charge on any atom is 0.274 e. The molecule has 146 valence electrons. The Hall–Kier alpha value is -2.25. The van der Waals surface area contributed by atoms with Crippen LogP contribution in [0.15, 0.2) is 24.3 Å². The molecule has 1 aliphatic heterocycles. The molecule has 0 unspecified atom stereocenters. The van der Waals surface area contributed by atoms with E-state index in [1.807, 2.05) is 32.8 Å². The van der Waals surface area contributed by atoms with E-state index in [1.165, 1.54) is 6.07 Å². The lowest BCUT2D eigenvalue weighted by Crippen LogP contribution is -2.37. The Labute approximate surface area is 159 Å². The third-order valence-corrected chi connectivity index (χ3v) is 4.86. The number of carbonyl (C=O) groups is 1. The number of rotatable bonds is 6. The van der Waals surface area contributed by atoms with E-state index >= 15 is 0 Å². The number of halogens is 1. The molecule has 0 saturated carbocycles. The van der Waals surface area contributed by atoms with Gasteiger partial charge in [-0.15, -0.1) is 0 Å². The lowest BCUT2D eigenvalue weighted by Gasteiger charge is -2.27. The van der Waals surface area contributed by atoms with Gasteiger partial charge in [-0.25, -0.2) is 4.39 Å². The summed E-state index contributed by atoms with van der Waals surface area (Å²) in [5.41, 5.74) is 2.69. The van der Waals surface area contributed by atoms with Crippen LogP contribution in [0.2, 0.25) is 0 Å². The zero-order valence-electron chi connectivity index (χ0n) is 16.3. The molecule has 7 heteroatoms. The molecule has 1 aliphatic rings. The summed E-state index contributed by atoms with van der Waals surface area (Å²) in [5.74, 6) is -0.487. The molecule has 2 atom stereocenters. The SMILES string of the molecule is C[C@@H]1Cc2c(C(=O)N(CCN(C)C)Cc3ccccc3F)n[nH]c2[C@H](C)O1. The van der Waals surface area contributed by atoms with Crippen molar-refractivity contribution >= 4 is 5.91 Å². The van der Waals surface area contributed by atoms with Crippen molar-refractivity contribution in [2.45, 2.75) is 39.0 Å². The third kappa shape index (κ3) is 4.36. The largest absolute Gasteiger partial charge is 0.369 e. The van der Waals surface area contributed by atoms with Gasteiger partial charge in [-0.05, 0) is 34.0 Å². The quantitative estimate of drug-likeness (QED) is 0.845. The number of benzene rings is 1. The molecule has 3 rings (SSSR count). The van der Waals surface area contributed by atoms with Crippen LogP contribution in [0.4, 0.5) is 4.39 Å². The molecule has 2 heterocycles. The van der Waals surface area contributed by atoms with Gasteiger partial charge in [-0.1, -0.05) is 18.2 Å². The fourth-order valence-electron chi connectivity index (χ4n) is 3.41. The van der Waals surface area contributed by atoms with Crippen LogP contribution in [0.1, 0.15) is 47.3 Å². The maximum atomic E-state index is 14.1. The van der Waals surface area contributed by atoms with Crippen LogP contribution in [-0.4, -0.2) is 59.2 Å². The zero-order valence-corrected chi connectivity index (χ0v) is 16.3. The number of likely N-dealkylation sites (N-methyl/N-ethyl adjacent to an activating group) is 1. The van der Waals surface area contributed by atoms with E-state index in [9.17, 15) is 9.18 Å². The number of ether oxygens (including phenoxy) is 1. The first-order valence-corrected chi connectivity index (χ1v) is 9.26. The molecule has 1 N–H and O–H groups in total. The molecule has 0 radical (unpaired) electrons. The van der Waals surface area contributed by atoms with Crippen molar-refractivity contribution in [2.75, 3.05) is 27.2 Å². The smallest absolute Gasteiger partial charge is 0.274 e. The first-order valence-electron chi connectivity index (χ1n) is 9.26. The number of H-pyrrole nitrogens is 1. The normalized spacial score (nSPS) is 19.2. The average Bonchev–Trinajstić information content (AvgIpc) is 3.03. The van der Waals surface area contributed by atoms with Crippen LogP contribution in [0.5, 0.6) is 0 Å². The first-order chi connectivity index (χ1) is 12.9. The molecule has 1 aromatic carbocycles. The van der Waals surface area contributed by atoms with Crippen LogP contribution in [0.25, 0.3) is 0 Å². The number of aromatic amines is 1. The Morgan fingerprint density at radius 3 is 2.74 bits per heavy atom. The molecule has 0 spiro atoms. The van der Waals surface area contributed by atoms with E-state index in [0.717, 1.165) is 11.3 Å². The Morgan fingerprint density at radius 2 is 2.04 bits per heavy atom. The monoisotopic (exact) mass is 374 g/mol. The van der Waals surface area contributed by atoms with Crippen molar-refractivity contribution < 1.29 is 13.9 Å². The zero-order chi connectivity index (χ0) is 19.6. The summed E-state index contributed by atoms with van der Waals surface area (Å²) in [6, 6.07) is 6.56. The van der Waals surface area contributed by atoms with Gasteiger partial charge in [-0.3, -0.25) is 9.89 Å². The number of nitrogens with one attached hydrogen (secondary N) is 1. The van der Waals surface area contributed by atoms with Crippen molar-refractivity contribution in [3.8, 4) is 0 Å². The second-order valence-electron chi connectivity index (χ2n) is 7.38. The second kappa shape index (κ2) is 8.19. The van der Waals surface area contributed by atoms with Gasteiger partial charge in [0.25, 0.3) is 5.91 Å². The molecule has 1 amide bonds. The maximum absolute atomic E-state index is 14.1. The highest BCUT2D eigenvalue weighted by Gasteiger charge is 2.31. The van der Waals surface area contributed by atoms with E-state index in [2.05, 4.69) is 10.2 Å². The van der Waals surface area contributed by atoms with Crippen LogP contribution in [-0.2, 0) is 17.7 Å². The molecule has 0 bridgehead atoms. The minimum Gasteiger partial charge on any atom is -0.369 e. The number of carbonyl (C=O) groups excluding carboxylic acids is 1. The van der Waals surface area contributed by atoms with Crippen LogP contribution < -0.4 is 0 Å². The lowest BCUT2D eigenvalue weighted by molar-refractivity contribution is -0.00702. The highest BCUT2D eigenvalue weighted by molar-refractivity contribution is 5.94. The number of nitrogens with zero attached hydrogens (tertiary/aromatic N) is 3. The average molecular weight is 374 g/mol. The number of fused-ring (bicyclic) bond motifs is 1. The molecule has 0 saturated heterocycles. The standard InChI is InChI=1S/C20H27FN4O2/c1-13-11-16-18(14(2)27-13)22-23-19(16)20(26)25(10-9-24(3)4)12-15-7-5-6-8-17(15)21/h5-8,13-14H,9-12H2,1-4H3,(H,22,23)/t13-,14+/m1/s1. The summed E-state index contributed by atoms with van der Waals surface area (Å²) in [5, 5.41) is 7.26. The third-order valence-electron chi connectivity index (χ3n) is 4.86. The molecule has 6 nitrogen and oxygen atoms in total. The van der Waals surface area contributed by atoms with Gasteiger partial charge in [0.2, 0.25) is 0 Å². The number of hydrogen-bond donors (Lipinski definition) is 1. The Kier molecular flexibility index (Phi) is 5.92. The van der Waals surface area contributed by atoms with Gasteiger partial charge in [0, 0.05) is 37.2 Å². The minimum atomic E-state index is -0.306. The number of amides is 1. The van der Waals surface area contributed by atoms with Gasteiger partial charge >= 0.3 is 0 Å². The highest BCUT2D eigenvalue weighted by atomic mass is 19.1. The summed E-state index contributed by atoms with van der Waals surface area (Å²) in [4.78, 5) is 16.9. The highest BCUT2D eigenvalue weighted by Crippen LogP contribution is 2.30. The molecule has 0 aliphatic carbocycles. The van der Waals surface area contributed by atoms with E-state index in [1.54, 1.807) is 23.1 Å². The predicted octanol–water partition coefficient (Wildman–Crippen LogP) is 2.78. The van der Waals surface area contributed by atoms with E-state index in [-0.39, 0.29) is 30.5 Å². The van der Waals surface area contributed by atoms with Crippen molar-refractivity contribution in [2.24, 2.45) is 0 Å². The van der Waals surface area contributed by atoms with E-state index in [4.69, 9.17) is 4.74 Å². The van der Waals surface area contributed by atoms with Gasteiger partial charge in [-0.2, -0.15) is 5.10 Å². The summed E-state index contributed by atoms with van der Waals surface area (Å²) in [7, 11) is 3.89. The summed E-state index contributed by atoms with van der Waals surface area (Å²) < 4.78 is 19.9. The first kappa shape index (κ1) is 19.5. The molecule has 0 fully saturated rings. The molecular formula is C20H27FN4O2. The summed E-state index contributed by atoms with van der Waals surface area (Å²) >= 11 is 0. The van der Waals surface area contributed by atoms with Crippen molar-refractivity contribution in [1.82, 2.24) is 20.0 Å². The van der Waals surface area contributed by atoms with Gasteiger partial charge in [0.1, 0.15) is 5.82 Å². The predicted molar refractivity (Wildman–Crippen MR) is 101 cm³/mol. The van der Waals surface area contributed by atoms with Crippen molar-refractivity contribution in [1.29, 1.82) is 0 Å². The number of aromatic nitrogens is 2. The van der Waals surface area contributed by atoms with Gasteiger partial charge in [0.05, 0.1) is 17.9 Å². The van der Waals surface area contributed by atoms with Crippen LogP contribution in [0, 0.1) is 5.82 Å². The summed E-state index contributed by atoms with van der Waals surface area (Å²) in [6.07, 6.45) is 0.538. The van der Waals surface area contributed by atoms with Crippen LogP contribution >= 0.6 is 0 Å². The molecular weight excluding hydrogens is 347 g/mol.